The molecule has 0 spiro atoms. The fraction of sp³-hybridized carbons (Fsp3) is 0.647. The molecule has 0 aromatic heterocycles. The Morgan fingerprint density at radius 2 is 1.96 bits per heavy atom. The molecule has 5 nitrogen and oxygen atoms in total. The van der Waals surface area contributed by atoms with Crippen LogP contribution in [0.2, 0.25) is 0 Å². The van der Waals surface area contributed by atoms with Crippen LogP contribution in [0.25, 0.3) is 0 Å². The van der Waals surface area contributed by atoms with Gasteiger partial charge in [0.1, 0.15) is 0 Å². The van der Waals surface area contributed by atoms with Crippen molar-refractivity contribution < 1.29 is 13.5 Å². The van der Waals surface area contributed by atoms with Gasteiger partial charge in [-0.1, -0.05) is 30.3 Å². The predicted molar refractivity (Wildman–Crippen MR) is 90.6 cm³/mol. The maximum absolute atomic E-state index is 12.9. The second-order valence-corrected chi connectivity index (χ2v) is 8.97. The highest BCUT2D eigenvalue weighted by Crippen LogP contribution is 2.43. The van der Waals surface area contributed by atoms with Crippen LogP contribution in [-0.4, -0.2) is 60.7 Å². The van der Waals surface area contributed by atoms with E-state index in [9.17, 15) is 13.5 Å². The lowest BCUT2D eigenvalue weighted by Gasteiger charge is -2.31. The van der Waals surface area contributed by atoms with E-state index < -0.39 is 16.1 Å². The molecule has 0 bridgehead atoms. The normalized spacial score (nSPS) is 25.7. The highest BCUT2D eigenvalue weighted by atomic mass is 32.2. The average Bonchev–Trinajstić information content (AvgIpc) is 3.12. The van der Waals surface area contributed by atoms with Gasteiger partial charge in [-0.15, -0.1) is 0 Å². The first-order valence-electron chi connectivity index (χ1n) is 8.26. The zero-order valence-electron chi connectivity index (χ0n) is 13.9. The smallest absolute Gasteiger partial charge is 0.216 e. The molecule has 0 radical (unpaired) electrons. The lowest BCUT2D eigenvalue weighted by atomic mass is 10.0. The van der Waals surface area contributed by atoms with E-state index in [-0.39, 0.29) is 17.3 Å². The Bertz CT molecular complexity index is 641. The largest absolute Gasteiger partial charge is 0.387 e. The lowest BCUT2D eigenvalue weighted by molar-refractivity contribution is 0.107. The molecule has 2 aliphatic rings. The fourth-order valence-electron chi connectivity index (χ4n) is 3.59. The van der Waals surface area contributed by atoms with E-state index in [1.54, 1.807) is 4.31 Å². The topological polar surface area (TPSA) is 60.9 Å². The maximum atomic E-state index is 12.9. The van der Waals surface area contributed by atoms with Crippen LogP contribution in [0, 0.1) is 0 Å². The standard InChI is InChI=1S/C17H26N2O3S/c1-18(2)17(10-11-17)13-23(21,22)19-12-6-9-15(19)16(20)14-7-4-3-5-8-14/h3-5,7-8,15-16,20H,6,9-13H2,1-2H3. The zero-order valence-corrected chi connectivity index (χ0v) is 14.7. The number of hydrogen-bond acceptors (Lipinski definition) is 4. The highest BCUT2D eigenvalue weighted by molar-refractivity contribution is 7.89. The summed E-state index contributed by atoms with van der Waals surface area (Å²) in [5, 5.41) is 10.7. The third-order valence-electron chi connectivity index (χ3n) is 5.34. The van der Waals surface area contributed by atoms with Crippen molar-refractivity contribution in [2.75, 3.05) is 26.4 Å². The summed E-state index contributed by atoms with van der Waals surface area (Å²) in [7, 11) is 0.524. The molecule has 1 aliphatic heterocycles. The van der Waals surface area contributed by atoms with Gasteiger partial charge in [0, 0.05) is 12.1 Å². The van der Waals surface area contributed by atoms with Gasteiger partial charge in [0.25, 0.3) is 0 Å². The van der Waals surface area contributed by atoms with E-state index in [0.717, 1.165) is 24.8 Å². The molecule has 2 atom stereocenters. The van der Waals surface area contributed by atoms with Crippen LogP contribution < -0.4 is 0 Å². The molecular weight excluding hydrogens is 312 g/mol. The molecule has 1 aromatic carbocycles. The minimum Gasteiger partial charge on any atom is -0.387 e. The number of aliphatic hydroxyl groups is 1. The summed E-state index contributed by atoms with van der Waals surface area (Å²) in [6, 6.07) is 9.01. The Balaban J connectivity index is 1.78. The van der Waals surface area contributed by atoms with Gasteiger partial charge in [-0.25, -0.2) is 8.42 Å². The van der Waals surface area contributed by atoms with E-state index in [2.05, 4.69) is 0 Å². The van der Waals surface area contributed by atoms with Crippen LogP contribution in [-0.2, 0) is 10.0 Å². The average molecular weight is 338 g/mol. The molecule has 1 saturated heterocycles. The van der Waals surface area contributed by atoms with Crippen LogP contribution in [0.1, 0.15) is 37.4 Å². The van der Waals surface area contributed by atoms with Crippen molar-refractivity contribution >= 4 is 10.0 Å². The number of sulfonamides is 1. The molecule has 1 aromatic rings. The number of rotatable bonds is 6. The highest BCUT2D eigenvalue weighted by Gasteiger charge is 2.51. The van der Waals surface area contributed by atoms with Gasteiger partial charge in [0.2, 0.25) is 10.0 Å². The van der Waals surface area contributed by atoms with Gasteiger partial charge in [-0.05, 0) is 45.3 Å². The number of hydrogen-bond donors (Lipinski definition) is 1. The van der Waals surface area contributed by atoms with E-state index in [1.165, 1.54) is 0 Å². The summed E-state index contributed by atoms with van der Waals surface area (Å²) < 4.78 is 27.4. The van der Waals surface area contributed by atoms with Crippen LogP contribution in [0.3, 0.4) is 0 Å². The molecule has 3 rings (SSSR count). The van der Waals surface area contributed by atoms with Crippen molar-refractivity contribution in [3.63, 3.8) is 0 Å². The quantitative estimate of drug-likeness (QED) is 0.856. The third kappa shape index (κ3) is 3.31. The van der Waals surface area contributed by atoms with Crippen LogP contribution >= 0.6 is 0 Å². The Labute approximate surface area is 139 Å². The summed E-state index contributed by atoms with van der Waals surface area (Å²) in [5.41, 5.74) is 0.581. The van der Waals surface area contributed by atoms with Crippen molar-refractivity contribution in [2.45, 2.75) is 43.4 Å². The van der Waals surface area contributed by atoms with Gasteiger partial charge in [-0.2, -0.15) is 4.31 Å². The maximum Gasteiger partial charge on any atom is 0.216 e. The van der Waals surface area contributed by atoms with E-state index in [4.69, 9.17) is 0 Å². The molecule has 23 heavy (non-hydrogen) atoms. The van der Waals surface area contributed by atoms with Crippen LogP contribution in [0.15, 0.2) is 30.3 Å². The summed E-state index contributed by atoms with van der Waals surface area (Å²) in [6.07, 6.45) is 2.62. The number of aliphatic hydroxyl groups excluding tert-OH is 1. The Kier molecular flexibility index (Phi) is 4.53. The van der Waals surface area contributed by atoms with E-state index in [1.807, 2.05) is 49.3 Å². The second kappa shape index (κ2) is 6.16. The molecule has 2 fully saturated rings. The predicted octanol–water partition coefficient (Wildman–Crippen LogP) is 1.61. The first-order chi connectivity index (χ1) is 10.9. The molecule has 2 unspecified atom stereocenters. The molecule has 1 aliphatic carbocycles. The van der Waals surface area contributed by atoms with Gasteiger partial charge in [0.15, 0.2) is 0 Å². The Morgan fingerprint density at radius 3 is 2.52 bits per heavy atom. The molecule has 1 heterocycles. The monoisotopic (exact) mass is 338 g/mol. The molecule has 0 amide bonds. The van der Waals surface area contributed by atoms with Crippen molar-refractivity contribution in [3.05, 3.63) is 35.9 Å². The minimum atomic E-state index is -3.37. The van der Waals surface area contributed by atoms with Gasteiger partial charge < -0.3 is 10.0 Å². The Morgan fingerprint density at radius 1 is 1.30 bits per heavy atom. The van der Waals surface area contributed by atoms with Gasteiger partial charge in [0.05, 0.1) is 17.9 Å². The van der Waals surface area contributed by atoms with Gasteiger partial charge >= 0.3 is 0 Å². The molecule has 128 valence electrons. The summed E-state index contributed by atoms with van der Waals surface area (Å²) in [5.74, 6) is 0.158. The number of benzene rings is 1. The Hall–Kier alpha value is -0.950. The SMILES string of the molecule is CN(C)C1(CS(=O)(=O)N2CCCC2C(O)c2ccccc2)CC1. The molecule has 1 saturated carbocycles. The summed E-state index contributed by atoms with van der Waals surface area (Å²) in [6.45, 7) is 0.514. The first kappa shape index (κ1) is 16.9. The van der Waals surface area contributed by atoms with Crippen LogP contribution in [0.5, 0.6) is 0 Å². The summed E-state index contributed by atoms with van der Waals surface area (Å²) >= 11 is 0. The fourth-order valence-corrected chi connectivity index (χ4v) is 6.02. The molecule has 6 heteroatoms. The third-order valence-corrected chi connectivity index (χ3v) is 7.41. The molecular formula is C17H26N2O3S. The number of nitrogens with zero attached hydrogens (tertiary/aromatic N) is 2. The van der Waals surface area contributed by atoms with Crippen LogP contribution in [0.4, 0.5) is 0 Å². The van der Waals surface area contributed by atoms with Gasteiger partial charge in [-0.3, -0.25) is 0 Å². The van der Waals surface area contributed by atoms with Crippen molar-refractivity contribution in [3.8, 4) is 0 Å². The minimum absolute atomic E-state index is 0.158. The van der Waals surface area contributed by atoms with Crippen molar-refractivity contribution in [2.24, 2.45) is 0 Å². The first-order valence-corrected chi connectivity index (χ1v) is 9.87. The second-order valence-electron chi connectivity index (χ2n) is 7.05. The van der Waals surface area contributed by atoms with Crippen molar-refractivity contribution in [1.82, 2.24) is 9.21 Å². The lowest BCUT2D eigenvalue weighted by Crippen LogP contribution is -2.46. The van der Waals surface area contributed by atoms with Crippen molar-refractivity contribution in [1.29, 1.82) is 0 Å². The van der Waals surface area contributed by atoms with E-state index in [0.29, 0.717) is 13.0 Å². The molecule has 1 N–H and O–H groups in total. The zero-order chi connectivity index (χ0) is 16.7. The van der Waals surface area contributed by atoms with E-state index >= 15 is 0 Å². The summed E-state index contributed by atoms with van der Waals surface area (Å²) in [4.78, 5) is 2.03.